The number of pyridine rings is 2. The SMILES string of the molecule is Cc1ccc(F)cc1-c1nc(N[S+]([O-])c2cccc(N3CCNC(C)C3)n2)ccc1C(F)(F)F. The van der Waals surface area contributed by atoms with Gasteiger partial charge in [0, 0.05) is 37.3 Å². The maximum atomic E-state index is 13.8. The first kappa shape index (κ1) is 24.2. The van der Waals surface area contributed by atoms with E-state index in [9.17, 15) is 22.1 Å². The smallest absolute Gasteiger partial charge is 0.418 e. The van der Waals surface area contributed by atoms with Crippen LogP contribution in [0.4, 0.5) is 29.2 Å². The van der Waals surface area contributed by atoms with E-state index in [1.54, 1.807) is 19.1 Å². The van der Waals surface area contributed by atoms with Crippen molar-refractivity contribution >= 4 is 23.0 Å². The van der Waals surface area contributed by atoms with E-state index in [1.807, 2.05) is 6.07 Å². The summed E-state index contributed by atoms with van der Waals surface area (Å²) in [6.45, 7) is 5.92. The number of hydrogen-bond acceptors (Lipinski definition) is 6. The van der Waals surface area contributed by atoms with Gasteiger partial charge >= 0.3 is 6.18 Å². The van der Waals surface area contributed by atoms with Crippen molar-refractivity contribution in [1.29, 1.82) is 0 Å². The third kappa shape index (κ3) is 5.43. The minimum Gasteiger partial charge on any atom is -0.587 e. The van der Waals surface area contributed by atoms with E-state index in [4.69, 9.17) is 0 Å². The number of nitrogens with one attached hydrogen (secondary N) is 2. The van der Waals surface area contributed by atoms with Gasteiger partial charge in [0.05, 0.1) is 11.3 Å². The topological polar surface area (TPSA) is 76.1 Å². The van der Waals surface area contributed by atoms with Gasteiger partial charge in [0.1, 0.15) is 23.0 Å². The average molecular weight is 494 g/mol. The quantitative estimate of drug-likeness (QED) is 0.402. The van der Waals surface area contributed by atoms with Crippen LogP contribution in [0, 0.1) is 12.7 Å². The van der Waals surface area contributed by atoms with Gasteiger partial charge < -0.3 is 14.8 Å². The van der Waals surface area contributed by atoms with Crippen LogP contribution in [-0.4, -0.2) is 40.2 Å². The number of aromatic nitrogens is 2. The molecule has 2 N–H and O–H groups in total. The second-order valence-electron chi connectivity index (χ2n) is 8.06. The molecule has 0 aliphatic carbocycles. The molecule has 0 amide bonds. The molecule has 1 aliphatic rings. The van der Waals surface area contributed by atoms with E-state index >= 15 is 0 Å². The van der Waals surface area contributed by atoms with Crippen LogP contribution in [0.15, 0.2) is 53.6 Å². The third-order valence-corrected chi connectivity index (χ3v) is 6.45. The molecule has 0 saturated carbocycles. The minimum atomic E-state index is -4.70. The zero-order valence-electron chi connectivity index (χ0n) is 18.5. The van der Waals surface area contributed by atoms with Gasteiger partial charge in [0.25, 0.3) is 5.03 Å². The molecule has 180 valence electrons. The number of halogens is 4. The van der Waals surface area contributed by atoms with Crippen LogP contribution in [0.1, 0.15) is 18.1 Å². The Labute approximate surface area is 197 Å². The molecule has 2 unspecified atom stereocenters. The molecule has 0 spiro atoms. The molecular formula is C23H23F4N5OS. The predicted molar refractivity (Wildman–Crippen MR) is 123 cm³/mol. The van der Waals surface area contributed by atoms with Crippen LogP contribution in [0.5, 0.6) is 0 Å². The van der Waals surface area contributed by atoms with E-state index in [2.05, 4.69) is 31.8 Å². The minimum absolute atomic E-state index is 0.00899. The monoisotopic (exact) mass is 493 g/mol. The lowest BCUT2D eigenvalue weighted by molar-refractivity contribution is -0.137. The Bertz CT molecular complexity index is 1180. The highest BCUT2D eigenvalue weighted by molar-refractivity contribution is 7.92. The standard InChI is InChI=1S/C23H23F4N5OS/c1-14-6-7-16(24)12-17(14)22-18(23(25,26)27)8-9-19(29-22)31-34(33)21-5-3-4-20(30-21)32-11-10-28-15(2)13-32/h3-9,12,15,28H,10-11,13H2,1-2H3,(H,29,31). The highest BCUT2D eigenvalue weighted by atomic mass is 32.2. The van der Waals surface area contributed by atoms with Crippen molar-refractivity contribution in [1.82, 2.24) is 15.3 Å². The molecule has 4 rings (SSSR count). The predicted octanol–water partition coefficient (Wildman–Crippen LogP) is 4.54. The number of nitrogens with zero attached hydrogens (tertiary/aromatic N) is 3. The maximum Gasteiger partial charge on any atom is 0.418 e. The third-order valence-electron chi connectivity index (χ3n) is 5.44. The van der Waals surface area contributed by atoms with Crippen LogP contribution in [0.25, 0.3) is 11.3 Å². The van der Waals surface area contributed by atoms with Crippen LogP contribution in [0.3, 0.4) is 0 Å². The van der Waals surface area contributed by atoms with E-state index in [0.717, 1.165) is 37.8 Å². The van der Waals surface area contributed by atoms with E-state index in [-0.39, 0.29) is 22.4 Å². The number of benzene rings is 1. The van der Waals surface area contributed by atoms with Crippen molar-refractivity contribution in [3.05, 3.63) is 65.5 Å². The first-order valence-electron chi connectivity index (χ1n) is 10.6. The summed E-state index contributed by atoms with van der Waals surface area (Å²) < 4.78 is 70.3. The molecule has 0 bridgehead atoms. The summed E-state index contributed by atoms with van der Waals surface area (Å²) in [5.41, 5.74) is -1.01. The Morgan fingerprint density at radius 3 is 2.68 bits per heavy atom. The summed E-state index contributed by atoms with van der Waals surface area (Å²) in [7, 11) is 0. The summed E-state index contributed by atoms with van der Waals surface area (Å²) in [5, 5.41) is 3.56. The first-order chi connectivity index (χ1) is 16.1. The van der Waals surface area contributed by atoms with Crippen molar-refractivity contribution in [3.63, 3.8) is 0 Å². The average Bonchev–Trinajstić information content (AvgIpc) is 2.80. The van der Waals surface area contributed by atoms with Crippen molar-refractivity contribution in [2.45, 2.75) is 31.1 Å². The molecule has 11 heteroatoms. The molecule has 3 heterocycles. The van der Waals surface area contributed by atoms with Crippen molar-refractivity contribution in [3.8, 4) is 11.3 Å². The highest BCUT2D eigenvalue weighted by Crippen LogP contribution is 2.38. The molecule has 1 fully saturated rings. The lowest BCUT2D eigenvalue weighted by Crippen LogP contribution is -2.49. The summed E-state index contributed by atoms with van der Waals surface area (Å²) in [5.74, 6) is -0.0637. The van der Waals surface area contributed by atoms with E-state index in [1.165, 1.54) is 12.1 Å². The lowest BCUT2D eigenvalue weighted by Gasteiger charge is -2.32. The molecule has 2 aromatic heterocycles. The second kappa shape index (κ2) is 9.77. The molecule has 1 aliphatic heterocycles. The number of aryl methyl sites for hydroxylation is 1. The molecule has 6 nitrogen and oxygen atoms in total. The highest BCUT2D eigenvalue weighted by Gasteiger charge is 2.35. The van der Waals surface area contributed by atoms with Crippen molar-refractivity contribution < 1.29 is 22.1 Å². The van der Waals surface area contributed by atoms with Crippen LogP contribution in [0.2, 0.25) is 0 Å². The number of rotatable bonds is 5. The number of piperazine rings is 1. The summed E-state index contributed by atoms with van der Waals surface area (Å²) in [4.78, 5) is 10.6. The zero-order valence-corrected chi connectivity index (χ0v) is 19.3. The van der Waals surface area contributed by atoms with E-state index < -0.39 is 34.6 Å². The number of anilines is 2. The molecule has 1 saturated heterocycles. The molecule has 1 aromatic carbocycles. The lowest BCUT2D eigenvalue weighted by atomic mass is 10.0. The zero-order chi connectivity index (χ0) is 24.5. The van der Waals surface area contributed by atoms with Gasteiger partial charge in [-0.05, 0) is 49.7 Å². The van der Waals surface area contributed by atoms with Crippen LogP contribution >= 0.6 is 0 Å². The fourth-order valence-corrected chi connectivity index (χ4v) is 4.56. The second-order valence-corrected chi connectivity index (χ2v) is 9.22. The van der Waals surface area contributed by atoms with Gasteiger partial charge in [-0.1, -0.05) is 12.1 Å². The molecule has 2 atom stereocenters. The van der Waals surface area contributed by atoms with Gasteiger partial charge in [-0.2, -0.15) is 22.9 Å². The number of alkyl halides is 3. The van der Waals surface area contributed by atoms with Crippen molar-refractivity contribution in [2.24, 2.45) is 0 Å². The Balaban J connectivity index is 1.63. The van der Waals surface area contributed by atoms with Crippen LogP contribution in [-0.2, 0) is 17.5 Å². The fraction of sp³-hybridized carbons (Fsp3) is 0.304. The fourth-order valence-electron chi connectivity index (χ4n) is 3.77. The Kier molecular flexibility index (Phi) is 6.96. The summed E-state index contributed by atoms with van der Waals surface area (Å²) >= 11 is -1.88. The maximum absolute atomic E-state index is 13.8. The van der Waals surface area contributed by atoms with E-state index in [0.29, 0.717) is 11.4 Å². The Morgan fingerprint density at radius 1 is 1.15 bits per heavy atom. The molecule has 0 radical (unpaired) electrons. The normalized spacial score (nSPS) is 17.5. The summed E-state index contributed by atoms with van der Waals surface area (Å²) in [6.07, 6.45) is -4.70. The van der Waals surface area contributed by atoms with Gasteiger partial charge in [-0.15, -0.1) is 0 Å². The van der Waals surface area contributed by atoms with Gasteiger partial charge in [-0.3, -0.25) is 0 Å². The van der Waals surface area contributed by atoms with Gasteiger partial charge in [-0.25, -0.2) is 9.37 Å². The van der Waals surface area contributed by atoms with Crippen molar-refractivity contribution in [2.75, 3.05) is 29.3 Å². The number of hydrogen-bond donors (Lipinski definition) is 2. The Morgan fingerprint density at radius 2 is 1.94 bits per heavy atom. The first-order valence-corrected chi connectivity index (χ1v) is 11.8. The largest absolute Gasteiger partial charge is 0.587 e. The summed E-state index contributed by atoms with van der Waals surface area (Å²) in [6, 6.07) is 10.9. The van der Waals surface area contributed by atoms with Gasteiger partial charge in [0.2, 0.25) is 0 Å². The molecule has 34 heavy (non-hydrogen) atoms. The molecular weight excluding hydrogens is 470 g/mol. The Hall–Kier alpha value is -2.89. The van der Waals surface area contributed by atoms with Crippen LogP contribution < -0.4 is 14.9 Å². The molecule has 3 aromatic rings. The van der Waals surface area contributed by atoms with Gasteiger partial charge in [0.15, 0.2) is 5.82 Å².